The number of carboxylic acids is 1. The fourth-order valence-electron chi connectivity index (χ4n) is 2.71. The summed E-state index contributed by atoms with van der Waals surface area (Å²) in [5.41, 5.74) is 6.97. The van der Waals surface area contributed by atoms with Gasteiger partial charge in [0.25, 0.3) is 5.91 Å². The molecule has 0 saturated carbocycles. The van der Waals surface area contributed by atoms with Crippen LogP contribution in [0, 0.1) is 11.8 Å². The molecule has 2 atom stereocenters. The molecule has 1 aromatic carbocycles. The number of thiazole rings is 1. The summed E-state index contributed by atoms with van der Waals surface area (Å²) in [5, 5.41) is 9.61. The molecule has 0 aliphatic carbocycles. The molecule has 6 nitrogen and oxygen atoms in total. The fourth-order valence-corrected chi connectivity index (χ4v) is 3.49. The van der Waals surface area contributed by atoms with E-state index in [1.807, 2.05) is 6.92 Å². The van der Waals surface area contributed by atoms with Crippen molar-refractivity contribution in [3.8, 4) is 0 Å². The van der Waals surface area contributed by atoms with Crippen molar-refractivity contribution in [1.29, 1.82) is 0 Å². The number of hydrogen-bond donors (Lipinski definition) is 2. The Labute approximate surface area is 125 Å². The van der Waals surface area contributed by atoms with E-state index in [0.29, 0.717) is 17.2 Å². The minimum atomic E-state index is -0.844. The highest BCUT2D eigenvalue weighted by Gasteiger charge is 2.37. The van der Waals surface area contributed by atoms with Crippen molar-refractivity contribution in [3.63, 3.8) is 0 Å². The average molecular weight is 305 g/mol. The van der Waals surface area contributed by atoms with Gasteiger partial charge in [-0.15, -0.1) is 0 Å². The Kier molecular flexibility index (Phi) is 3.29. The minimum absolute atomic E-state index is 0.0331. The van der Waals surface area contributed by atoms with E-state index in [0.717, 1.165) is 10.2 Å². The zero-order chi connectivity index (χ0) is 15.1. The molecule has 1 aromatic heterocycles. The summed E-state index contributed by atoms with van der Waals surface area (Å²) in [6.07, 6.45) is 0. The van der Waals surface area contributed by atoms with Crippen LogP contribution in [-0.2, 0) is 4.79 Å². The lowest BCUT2D eigenvalue weighted by Gasteiger charge is -2.15. The molecule has 3 rings (SSSR count). The average Bonchev–Trinajstić information content (AvgIpc) is 2.98. The van der Waals surface area contributed by atoms with Crippen molar-refractivity contribution in [2.24, 2.45) is 11.8 Å². The first kappa shape index (κ1) is 13.8. The van der Waals surface area contributed by atoms with Crippen LogP contribution < -0.4 is 5.73 Å². The molecule has 1 fully saturated rings. The van der Waals surface area contributed by atoms with Crippen LogP contribution in [0.5, 0.6) is 0 Å². The lowest BCUT2D eigenvalue weighted by atomic mass is 9.99. The number of nitrogen functional groups attached to an aromatic ring is 1. The summed E-state index contributed by atoms with van der Waals surface area (Å²) in [6, 6.07) is 5.25. The number of anilines is 1. The number of aliphatic carboxylic acids is 1. The predicted octanol–water partition coefficient (Wildman–Crippen LogP) is 1.67. The number of nitrogens with zero attached hydrogens (tertiary/aromatic N) is 2. The molecular weight excluding hydrogens is 290 g/mol. The van der Waals surface area contributed by atoms with E-state index in [2.05, 4.69) is 4.98 Å². The SMILES string of the molecule is CC1CN(C(=O)c2ccc3nc(N)sc3c2)CC1C(=O)O. The summed E-state index contributed by atoms with van der Waals surface area (Å²) in [4.78, 5) is 29.4. The van der Waals surface area contributed by atoms with E-state index < -0.39 is 11.9 Å². The second kappa shape index (κ2) is 5.00. The van der Waals surface area contributed by atoms with Crippen LogP contribution in [0.1, 0.15) is 17.3 Å². The number of amides is 1. The monoisotopic (exact) mass is 305 g/mol. The van der Waals surface area contributed by atoms with E-state index in [1.165, 1.54) is 11.3 Å². The molecule has 0 spiro atoms. The first-order chi connectivity index (χ1) is 9.95. The third kappa shape index (κ3) is 2.44. The zero-order valence-electron chi connectivity index (χ0n) is 11.4. The van der Waals surface area contributed by atoms with Gasteiger partial charge in [0.05, 0.1) is 16.1 Å². The lowest BCUT2D eigenvalue weighted by Crippen LogP contribution is -2.29. The number of fused-ring (bicyclic) bond motifs is 1. The normalized spacial score (nSPS) is 21.9. The Morgan fingerprint density at radius 2 is 2.19 bits per heavy atom. The van der Waals surface area contributed by atoms with Crippen molar-refractivity contribution >= 4 is 38.6 Å². The van der Waals surface area contributed by atoms with Gasteiger partial charge in [-0.3, -0.25) is 9.59 Å². The maximum Gasteiger partial charge on any atom is 0.308 e. The molecule has 2 aromatic rings. The van der Waals surface area contributed by atoms with Gasteiger partial charge in [-0.25, -0.2) is 4.98 Å². The van der Waals surface area contributed by atoms with Gasteiger partial charge >= 0.3 is 5.97 Å². The topological polar surface area (TPSA) is 96.5 Å². The molecule has 110 valence electrons. The Bertz CT molecular complexity index is 727. The molecule has 3 N–H and O–H groups in total. The number of nitrogens with two attached hydrogens (primary N) is 1. The number of carbonyl (C=O) groups is 2. The van der Waals surface area contributed by atoms with Crippen LogP contribution in [0.4, 0.5) is 5.13 Å². The van der Waals surface area contributed by atoms with Gasteiger partial charge in [-0.05, 0) is 24.1 Å². The van der Waals surface area contributed by atoms with Crippen molar-refractivity contribution in [2.45, 2.75) is 6.92 Å². The van der Waals surface area contributed by atoms with E-state index >= 15 is 0 Å². The highest BCUT2D eigenvalue weighted by atomic mass is 32.1. The summed E-state index contributed by atoms with van der Waals surface area (Å²) in [5.74, 6) is -1.51. The van der Waals surface area contributed by atoms with Crippen LogP contribution in [0.25, 0.3) is 10.2 Å². The maximum atomic E-state index is 12.5. The van der Waals surface area contributed by atoms with Gasteiger partial charge in [0.15, 0.2) is 5.13 Å². The number of benzene rings is 1. The number of carboxylic acid groups (broad SMARTS) is 1. The molecule has 7 heteroatoms. The molecule has 21 heavy (non-hydrogen) atoms. The van der Waals surface area contributed by atoms with E-state index in [1.54, 1.807) is 23.1 Å². The molecule has 0 radical (unpaired) electrons. The number of likely N-dealkylation sites (tertiary alicyclic amines) is 1. The molecule has 2 unspecified atom stereocenters. The quantitative estimate of drug-likeness (QED) is 0.879. The van der Waals surface area contributed by atoms with E-state index in [-0.39, 0.29) is 18.4 Å². The lowest BCUT2D eigenvalue weighted by molar-refractivity contribution is -0.142. The largest absolute Gasteiger partial charge is 0.481 e. The van der Waals surface area contributed by atoms with E-state index in [4.69, 9.17) is 10.8 Å². The Morgan fingerprint density at radius 1 is 1.43 bits per heavy atom. The smallest absolute Gasteiger partial charge is 0.308 e. The van der Waals surface area contributed by atoms with Crippen molar-refractivity contribution < 1.29 is 14.7 Å². The second-order valence-corrected chi connectivity index (χ2v) is 6.43. The van der Waals surface area contributed by atoms with Crippen molar-refractivity contribution in [1.82, 2.24) is 9.88 Å². The van der Waals surface area contributed by atoms with Gasteiger partial charge < -0.3 is 15.7 Å². The van der Waals surface area contributed by atoms with Gasteiger partial charge in [0, 0.05) is 18.7 Å². The van der Waals surface area contributed by atoms with Gasteiger partial charge in [0.2, 0.25) is 0 Å². The summed E-state index contributed by atoms with van der Waals surface area (Å²) < 4.78 is 0.861. The van der Waals surface area contributed by atoms with Crippen LogP contribution in [-0.4, -0.2) is 40.0 Å². The first-order valence-electron chi connectivity index (χ1n) is 6.64. The van der Waals surface area contributed by atoms with Gasteiger partial charge in [0.1, 0.15) is 0 Å². The molecule has 2 heterocycles. The number of carbonyl (C=O) groups excluding carboxylic acids is 1. The van der Waals surface area contributed by atoms with Crippen LogP contribution in [0.15, 0.2) is 18.2 Å². The fraction of sp³-hybridized carbons (Fsp3) is 0.357. The highest BCUT2D eigenvalue weighted by molar-refractivity contribution is 7.22. The molecule has 1 aliphatic heterocycles. The Hall–Kier alpha value is -2.15. The van der Waals surface area contributed by atoms with Gasteiger partial charge in [-0.2, -0.15) is 0 Å². The third-order valence-corrected chi connectivity index (χ3v) is 4.72. The van der Waals surface area contributed by atoms with Crippen molar-refractivity contribution in [3.05, 3.63) is 23.8 Å². The standard InChI is InChI=1S/C14H15N3O3S/c1-7-5-17(6-9(7)13(19)20)12(18)8-2-3-10-11(4-8)21-14(15)16-10/h2-4,7,9H,5-6H2,1H3,(H2,15,16)(H,19,20). The third-order valence-electron chi connectivity index (χ3n) is 3.87. The van der Waals surface area contributed by atoms with Crippen molar-refractivity contribution in [2.75, 3.05) is 18.8 Å². The molecule has 1 saturated heterocycles. The molecule has 1 amide bonds. The summed E-state index contributed by atoms with van der Waals surface area (Å²) in [6.45, 7) is 2.59. The van der Waals surface area contributed by atoms with Gasteiger partial charge in [-0.1, -0.05) is 18.3 Å². The summed E-state index contributed by atoms with van der Waals surface area (Å²) >= 11 is 1.33. The Balaban J connectivity index is 1.85. The molecular formula is C14H15N3O3S. The number of rotatable bonds is 2. The predicted molar refractivity (Wildman–Crippen MR) is 80.2 cm³/mol. The number of hydrogen-bond acceptors (Lipinski definition) is 5. The zero-order valence-corrected chi connectivity index (χ0v) is 12.3. The summed E-state index contributed by atoms with van der Waals surface area (Å²) in [7, 11) is 0. The molecule has 1 aliphatic rings. The second-order valence-electron chi connectivity index (χ2n) is 5.37. The van der Waals surface area contributed by atoms with Crippen LogP contribution >= 0.6 is 11.3 Å². The highest BCUT2D eigenvalue weighted by Crippen LogP contribution is 2.28. The maximum absolute atomic E-state index is 12.5. The van der Waals surface area contributed by atoms with Crippen LogP contribution in [0.3, 0.4) is 0 Å². The molecule has 0 bridgehead atoms. The van der Waals surface area contributed by atoms with E-state index in [9.17, 15) is 9.59 Å². The minimum Gasteiger partial charge on any atom is -0.481 e. The van der Waals surface area contributed by atoms with Crippen LogP contribution in [0.2, 0.25) is 0 Å². The number of aromatic nitrogens is 1. The Morgan fingerprint density at radius 3 is 2.86 bits per heavy atom. The first-order valence-corrected chi connectivity index (χ1v) is 7.45.